The monoisotopic (exact) mass is 207 g/mol. The van der Waals surface area contributed by atoms with Gasteiger partial charge in [0.2, 0.25) is 0 Å². The smallest absolute Gasteiger partial charge is 0.123 e. The first kappa shape index (κ1) is 11.8. The molecule has 0 amide bonds. The summed E-state index contributed by atoms with van der Waals surface area (Å²) >= 11 is 0. The quantitative estimate of drug-likeness (QED) is 0.710. The number of hydrogen-bond donors (Lipinski definition) is 1. The first-order valence-electron chi connectivity index (χ1n) is 5.45. The van der Waals surface area contributed by atoms with Gasteiger partial charge in [-0.25, -0.2) is 4.39 Å². The molecule has 1 nitrogen and oxygen atoms in total. The molecule has 0 atom stereocenters. The minimum Gasteiger partial charge on any atom is -0.358 e. The van der Waals surface area contributed by atoms with Gasteiger partial charge in [-0.15, -0.1) is 0 Å². The van der Waals surface area contributed by atoms with Gasteiger partial charge in [0, 0.05) is 16.6 Å². The van der Waals surface area contributed by atoms with E-state index < -0.39 is 0 Å². The first-order valence-corrected chi connectivity index (χ1v) is 5.45. The van der Waals surface area contributed by atoms with Crippen LogP contribution in [0.2, 0.25) is 0 Å². The largest absolute Gasteiger partial charge is 0.358 e. The Morgan fingerprint density at radius 1 is 1.13 bits per heavy atom. The van der Waals surface area contributed by atoms with Crippen molar-refractivity contribution in [3.63, 3.8) is 0 Å². The lowest BCUT2D eigenvalue weighted by Crippen LogP contribution is -1.84. The van der Waals surface area contributed by atoms with E-state index in [4.69, 9.17) is 0 Å². The third kappa shape index (κ3) is 2.58. The summed E-state index contributed by atoms with van der Waals surface area (Å²) in [6.07, 6.45) is 0. The molecule has 2 heteroatoms. The summed E-state index contributed by atoms with van der Waals surface area (Å²) in [6.45, 7) is 8.22. The van der Waals surface area contributed by atoms with Crippen molar-refractivity contribution in [3.8, 4) is 0 Å². The van der Waals surface area contributed by atoms with Crippen LogP contribution in [0.15, 0.2) is 24.3 Å². The third-order valence-electron chi connectivity index (χ3n) is 2.23. The lowest BCUT2D eigenvalue weighted by atomic mass is 10.1. The summed E-state index contributed by atoms with van der Waals surface area (Å²) < 4.78 is 12.8. The van der Waals surface area contributed by atoms with Crippen LogP contribution >= 0.6 is 0 Å². The number of rotatable bonds is 1. The molecule has 2 aromatic rings. The molecule has 2 rings (SSSR count). The second kappa shape index (κ2) is 4.96. The van der Waals surface area contributed by atoms with E-state index in [0.717, 1.165) is 16.6 Å². The molecule has 0 fully saturated rings. The molecule has 15 heavy (non-hydrogen) atoms. The Hall–Kier alpha value is -1.31. The molecule has 0 radical (unpaired) electrons. The summed E-state index contributed by atoms with van der Waals surface area (Å²) in [7, 11) is 0. The third-order valence-corrected chi connectivity index (χ3v) is 2.23. The Kier molecular flexibility index (Phi) is 3.89. The van der Waals surface area contributed by atoms with E-state index in [1.165, 1.54) is 6.07 Å². The Morgan fingerprint density at radius 3 is 2.40 bits per heavy atom. The summed E-state index contributed by atoms with van der Waals surface area (Å²) in [5.41, 5.74) is 2.16. The molecule has 1 N–H and O–H groups in total. The molecule has 82 valence electrons. The van der Waals surface area contributed by atoms with Gasteiger partial charge >= 0.3 is 0 Å². The van der Waals surface area contributed by atoms with Gasteiger partial charge in [-0.05, 0) is 30.2 Å². The van der Waals surface area contributed by atoms with Gasteiger partial charge in [0.25, 0.3) is 0 Å². The molecule has 0 unspecified atom stereocenters. The molecular weight excluding hydrogens is 189 g/mol. The average molecular weight is 207 g/mol. The van der Waals surface area contributed by atoms with Crippen molar-refractivity contribution < 1.29 is 4.39 Å². The molecule has 0 bridgehead atoms. The highest BCUT2D eigenvalue weighted by Crippen LogP contribution is 2.21. The fourth-order valence-electron chi connectivity index (χ4n) is 1.44. The molecule has 0 spiro atoms. The zero-order valence-corrected chi connectivity index (χ0v) is 9.76. The van der Waals surface area contributed by atoms with E-state index in [0.29, 0.717) is 5.92 Å². The molecule has 1 heterocycles. The lowest BCUT2D eigenvalue weighted by molar-refractivity contribution is 0.630. The number of fused-ring (bicyclic) bond motifs is 1. The fourth-order valence-corrected chi connectivity index (χ4v) is 1.44. The summed E-state index contributed by atoms with van der Waals surface area (Å²) in [4.78, 5) is 3.26. The average Bonchev–Trinajstić information content (AvgIpc) is 2.63. The van der Waals surface area contributed by atoms with Crippen molar-refractivity contribution in [1.82, 2.24) is 4.98 Å². The molecular formula is C13H18FN. The number of nitrogens with one attached hydrogen (secondary N) is 1. The number of H-pyrrole nitrogens is 1. The standard InChI is InChI=1S/C11H12FN.C2H6/c1-7(2)11-6-8-5-9(12)3-4-10(8)13-11;1-2/h3-7,13H,1-2H3;1-2H3. The zero-order chi connectivity index (χ0) is 11.4. The van der Waals surface area contributed by atoms with Crippen LogP contribution < -0.4 is 0 Å². The molecule has 0 aliphatic rings. The van der Waals surface area contributed by atoms with E-state index in [2.05, 4.69) is 18.8 Å². The maximum Gasteiger partial charge on any atom is 0.123 e. The maximum absolute atomic E-state index is 12.8. The second-order valence-corrected chi connectivity index (χ2v) is 3.61. The Balaban J connectivity index is 0.000000531. The van der Waals surface area contributed by atoms with Crippen LogP contribution in [-0.2, 0) is 0 Å². The number of benzene rings is 1. The highest BCUT2D eigenvalue weighted by atomic mass is 19.1. The van der Waals surface area contributed by atoms with Crippen LogP contribution in [0.3, 0.4) is 0 Å². The molecule has 0 aliphatic carbocycles. The Morgan fingerprint density at radius 2 is 1.80 bits per heavy atom. The maximum atomic E-state index is 12.8. The van der Waals surface area contributed by atoms with Gasteiger partial charge < -0.3 is 4.98 Å². The van der Waals surface area contributed by atoms with Crippen molar-refractivity contribution in [2.75, 3.05) is 0 Å². The normalized spacial score (nSPS) is 10.3. The molecule has 1 aromatic heterocycles. The highest BCUT2D eigenvalue weighted by Gasteiger charge is 2.04. The molecule has 0 aliphatic heterocycles. The minimum atomic E-state index is -0.179. The predicted molar refractivity (Wildman–Crippen MR) is 63.7 cm³/mol. The van der Waals surface area contributed by atoms with E-state index in [1.54, 1.807) is 12.1 Å². The van der Waals surface area contributed by atoms with E-state index in [9.17, 15) is 4.39 Å². The minimum absolute atomic E-state index is 0.179. The van der Waals surface area contributed by atoms with Crippen molar-refractivity contribution in [1.29, 1.82) is 0 Å². The first-order chi connectivity index (χ1) is 7.16. The van der Waals surface area contributed by atoms with Crippen LogP contribution in [0.1, 0.15) is 39.3 Å². The van der Waals surface area contributed by atoms with Crippen molar-refractivity contribution in [2.45, 2.75) is 33.6 Å². The molecule has 1 aromatic carbocycles. The fraction of sp³-hybridized carbons (Fsp3) is 0.385. The highest BCUT2D eigenvalue weighted by molar-refractivity contribution is 5.80. The zero-order valence-electron chi connectivity index (χ0n) is 9.76. The Bertz CT molecular complexity index is 429. The summed E-state index contributed by atoms with van der Waals surface area (Å²) in [5, 5.41) is 0.948. The van der Waals surface area contributed by atoms with Crippen molar-refractivity contribution >= 4 is 10.9 Å². The molecule has 0 saturated heterocycles. The van der Waals surface area contributed by atoms with Gasteiger partial charge in [-0.2, -0.15) is 0 Å². The van der Waals surface area contributed by atoms with Crippen LogP contribution in [0.4, 0.5) is 4.39 Å². The summed E-state index contributed by atoms with van der Waals surface area (Å²) in [5.74, 6) is 0.275. The van der Waals surface area contributed by atoms with Crippen molar-refractivity contribution in [2.24, 2.45) is 0 Å². The SMILES string of the molecule is CC.CC(C)c1cc2cc(F)ccc2[nH]1. The van der Waals surface area contributed by atoms with Gasteiger partial charge in [0.1, 0.15) is 5.82 Å². The van der Waals surface area contributed by atoms with Gasteiger partial charge in [-0.3, -0.25) is 0 Å². The topological polar surface area (TPSA) is 15.8 Å². The van der Waals surface area contributed by atoms with Gasteiger partial charge in [0.15, 0.2) is 0 Å². The Labute approximate surface area is 90.3 Å². The van der Waals surface area contributed by atoms with Crippen molar-refractivity contribution in [3.05, 3.63) is 35.8 Å². The summed E-state index contributed by atoms with van der Waals surface area (Å²) in [6, 6.07) is 6.81. The number of aromatic amines is 1. The van der Waals surface area contributed by atoms with Crippen LogP contribution in [0.25, 0.3) is 10.9 Å². The second-order valence-electron chi connectivity index (χ2n) is 3.61. The van der Waals surface area contributed by atoms with Crippen LogP contribution in [0.5, 0.6) is 0 Å². The predicted octanol–water partition coefficient (Wildman–Crippen LogP) is 4.46. The number of halogens is 1. The lowest BCUT2D eigenvalue weighted by Gasteiger charge is -1.97. The van der Waals surface area contributed by atoms with Gasteiger partial charge in [0.05, 0.1) is 0 Å². The number of hydrogen-bond acceptors (Lipinski definition) is 0. The van der Waals surface area contributed by atoms with E-state index in [1.807, 2.05) is 19.9 Å². The van der Waals surface area contributed by atoms with Crippen LogP contribution in [-0.4, -0.2) is 4.98 Å². The van der Waals surface area contributed by atoms with Gasteiger partial charge in [-0.1, -0.05) is 27.7 Å². The molecule has 0 saturated carbocycles. The van der Waals surface area contributed by atoms with E-state index >= 15 is 0 Å². The van der Waals surface area contributed by atoms with Crippen LogP contribution in [0, 0.1) is 5.82 Å². The number of aromatic nitrogens is 1. The van der Waals surface area contributed by atoms with E-state index in [-0.39, 0.29) is 5.82 Å².